The summed E-state index contributed by atoms with van der Waals surface area (Å²) in [5, 5.41) is 12.8. The van der Waals surface area contributed by atoms with Gasteiger partial charge in [0.15, 0.2) is 0 Å². The number of nitrogens with zero attached hydrogens (tertiary/aromatic N) is 1. The lowest BCUT2D eigenvalue weighted by Gasteiger charge is -2.48. The summed E-state index contributed by atoms with van der Waals surface area (Å²) in [7, 11) is 0. The van der Waals surface area contributed by atoms with Crippen molar-refractivity contribution in [2.24, 2.45) is 23.2 Å². The van der Waals surface area contributed by atoms with Gasteiger partial charge in [-0.15, -0.1) is 0 Å². The van der Waals surface area contributed by atoms with E-state index in [1.165, 1.54) is 11.1 Å². The van der Waals surface area contributed by atoms with Gasteiger partial charge in [-0.1, -0.05) is 19.1 Å². The second-order valence-corrected chi connectivity index (χ2v) is 9.85. The van der Waals surface area contributed by atoms with E-state index in [-0.39, 0.29) is 23.7 Å². The third-order valence-electron chi connectivity index (χ3n) is 8.20. The zero-order valence-corrected chi connectivity index (χ0v) is 18.0. The van der Waals surface area contributed by atoms with E-state index in [2.05, 4.69) is 23.3 Å². The normalized spacial score (nSPS) is 31.5. The van der Waals surface area contributed by atoms with Gasteiger partial charge in [0.25, 0.3) is 0 Å². The summed E-state index contributed by atoms with van der Waals surface area (Å²) in [5.74, 6) is 1.68. The maximum Gasteiger partial charge on any atom is 0.221 e. The van der Waals surface area contributed by atoms with Crippen molar-refractivity contribution in [1.82, 2.24) is 10.3 Å². The van der Waals surface area contributed by atoms with E-state index in [1.54, 1.807) is 12.3 Å². The number of carbonyl (C=O) groups is 2. The van der Waals surface area contributed by atoms with Crippen LogP contribution in [0.1, 0.15) is 61.8 Å². The molecule has 1 amide bonds. The third-order valence-corrected chi connectivity index (χ3v) is 8.20. The highest BCUT2D eigenvalue weighted by molar-refractivity contribution is 5.93. The number of amides is 1. The molecule has 31 heavy (non-hydrogen) atoms. The number of hydrogen-bond acceptors (Lipinski definition) is 4. The molecule has 162 valence electrons. The average molecular weight is 419 g/mol. The van der Waals surface area contributed by atoms with Crippen LogP contribution in [-0.2, 0) is 22.6 Å². The molecule has 0 saturated heterocycles. The second-order valence-electron chi connectivity index (χ2n) is 9.85. The Morgan fingerprint density at radius 3 is 2.94 bits per heavy atom. The van der Waals surface area contributed by atoms with E-state index in [9.17, 15) is 14.7 Å². The minimum Gasteiger partial charge on any atom is -0.508 e. The molecular weight excluding hydrogens is 388 g/mol. The number of phenols is 1. The Morgan fingerprint density at radius 2 is 2.13 bits per heavy atom. The molecule has 0 aliphatic heterocycles. The Morgan fingerprint density at radius 1 is 1.26 bits per heavy atom. The first kappa shape index (κ1) is 20.2. The summed E-state index contributed by atoms with van der Waals surface area (Å²) < 4.78 is 0. The van der Waals surface area contributed by atoms with Crippen molar-refractivity contribution in [3.63, 3.8) is 0 Å². The first-order valence-corrected chi connectivity index (χ1v) is 11.5. The van der Waals surface area contributed by atoms with Gasteiger partial charge in [0.1, 0.15) is 11.5 Å². The number of aromatic hydroxyl groups is 1. The summed E-state index contributed by atoms with van der Waals surface area (Å²) in [6.45, 7) is 2.55. The Kier molecular flexibility index (Phi) is 5.07. The molecule has 4 unspecified atom stereocenters. The van der Waals surface area contributed by atoms with Crippen LogP contribution < -0.4 is 5.32 Å². The molecule has 5 nitrogen and oxygen atoms in total. The number of nitrogens with one attached hydrogen (secondary N) is 1. The first-order chi connectivity index (χ1) is 15.0. The van der Waals surface area contributed by atoms with E-state index in [0.717, 1.165) is 37.8 Å². The van der Waals surface area contributed by atoms with Gasteiger partial charge in [-0.05, 0) is 85.3 Å². The molecule has 2 fully saturated rings. The molecule has 5 rings (SSSR count). The standard InChI is InChI=1S/C26H30N2O3/c1-26-10-9-21-20-8-6-19(29)12-16(20)5-7-22(21)23(26)13-17(25(26)31)14-24(30)28-15-18-4-2-3-11-27-18/h2-4,6,8,11-12,17,21-23,29H,5,7,9-10,13-15H2,1H3,(H,28,30)/t17?,21?,22?,23?,26-/m0/s1. The SMILES string of the molecule is C[C@]12CCC3c4ccc(O)cc4CCC3C1CC(CC(=O)NCc1ccccn1)C2=O. The monoisotopic (exact) mass is 418 g/mol. The molecule has 0 radical (unpaired) electrons. The maximum atomic E-state index is 13.4. The topological polar surface area (TPSA) is 79.3 Å². The summed E-state index contributed by atoms with van der Waals surface area (Å²) in [6, 6.07) is 11.4. The van der Waals surface area contributed by atoms with Crippen LogP contribution in [0.25, 0.3) is 0 Å². The molecule has 3 aliphatic carbocycles. The zero-order chi connectivity index (χ0) is 21.6. The summed E-state index contributed by atoms with van der Waals surface area (Å²) in [6.07, 6.45) is 6.74. The fourth-order valence-electron chi connectivity index (χ4n) is 6.67. The molecule has 5 heteroatoms. The predicted octanol–water partition coefficient (Wildman–Crippen LogP) is 4.15. The van der Waals surface area contributed by atoms with Crippen molar-refractivity contribution in [1.29, 1.82) is 0 Å². The Bertz CT molecular complexity index is 1000. The lowest BCUT2D eigenvalue weighted by Crippen LogP contribution is -2.42. The van der Waals surface area contributed by atoms with Crippen LogP contribution in [0.5, 0.6) is 5.75 Å². The molecule has 2 saturated carbocycles. The predicted molar refractivity (Wildman–Crippen MR) is 117 cm³/mol. The lowest BCUT2D eigenvalue weighted by molar-refractivity contribution is -0.134. The number of pyridine rings is 1. The van der Waals surface area contributed by atoms with Gasteiger partial charge in [-0.3, -0.25) is 14.6 Å². The Labute approximate surface area is 183 Å². The second kappa shape index (κ2) is 7.77. The largest absolute Gasteiger partial charge is 0.508 e. The van der Waals surface area contributed by atoms with Gasteiger partial charge in [-0.2, -0.15) is 0 Å². The maximum absolute atomic E-state index is 13.4. The minimum atomic E-state index is -0.304. The highest BCUT2D eigenvalue weighted by atomic mass is 16.3. The number of Topliss-reactive ketones (excluding diaryl/α,β-unsaturated/α-hetero) is 1. The van der Waals surface area contributed by atoms with Crippen LogP contribution in [0.4, 0.5) is 0 Å². The number of hydrogen-bond donors (Lipinski definition) is 2. The zero-order valence-electron chi connectivity index (χ0n) is 18.0. The van der Waals surface area contributed by atoms with Crippen LogP contribution >= 0.6 is 0 Å². The van der Waals surface area contributed by atoms with E-state index in [1.807, 2.05) is 24.3 Å². The van der Waals surface area contributed by atoms with Gasteiger partial charge in [0.05, 0.1) is 12.2 Å². The van der Waals surface area contributed by atoms with Crippen molar-refractivity contribution in [3.05, 3.63) is 59.4 Å². The van der Waals surface area contributed by atoms with Crippen molar-refractivity contribution in [2.45, 2.75) is 57.9 Å². The lowest BCUT2D eigenvalue weighted by atomic mass is 9.55. The highest BCUT2D eigenvalue weighted by Crippen LogP contribution is 2.61. The minimum absolute atomic E-state index is 0.0627. The van der Waals surface area contributed by atoms with Crippen LogP contribution in [0.2, 0.25) is 0 Å². The summed E-state index contributed by atoms with van der Waals surface area (Å²) in [5.41, 5.74) is 3.14. The van der Waals surface area contributed by atoms with E-state index >= 15 is 0 Å². The molecule has 3 aliphatic rings. The fourth-order valence-corrected chi connectivity index (χ4v) is 6.67. The fraction of sp³-hybridized carbons (Fsp3) is 0.500. The van der Waals surface area contributed by atoms with E-state index < -0.39 is 0 Å². The quantitative estimate of drug-likeness (QED) is 0.782. The molecule has 1 aromatic carbocycles. The van der Waals surface area contributed by atoms with Crippen LogP contribution in [0.3, 0.4) is 0 Å². The average Bonchev–Trinajstić information content (AvgIpc) is 3.03. The van der Waals surface area contributed by atoms with E-state index in [0.29, 0.717) is 35.8 Å². The number of benzene rings is 1. The molecule has 0 spiro atoms. The molecular formula is C26H30N2O3. The number of carbonyl (C=O) groups excluding carboxylic acids is 2. The smallest absolute Gasteiger partial charge is 0.221 e. The van der Waals surface area contributed by atoms with Gasteiger partial charge in [0, 0.05) is 24.0 Å². The molecule has 2 aromatic rings. The van der Waals surface area contributed by atoms with Crippen molar-refractivity contribution >= 4 is 11.7 Å². The number of fused-ring (bicyclic) bond motifs is 5. The van der Waals surface area contributed by atoms with Gasteiger partial charge in [-0.25, -0.2) is 0 Å². The van der Waals surface area contributed by atoms with Crippen LogP contribution in [0, 0.1) is 23.2 Å². The number of ketones is 1. The van der Waals surface area contributed by atoms with Crippen LogP contribution in [-0.4, -0.2) is 21.8 Å². The van der Waals surface area contributed by atoms with Gasteiger partial charge < -0.3 is 10.4 Å². The number of aromatic nitrogens is 1. The summed E-state index contributed by atoms with van der Waals surface area (Å²) >= 11 is 0. The first-order valence-electron chi connectivity index (χ1n) is 11.5. The van der Waals surface area contributed by atoms with Crippen molar-refractivity contribution in [3.8, 4) is 5.75 Å². The highest BCUT2D eigenvalue weighted by Gasteiger charge is 2.58. The molecule has 5 atom stereocenters. The molecule has 1 aromatic heterocycles. The Hall–Kier alpha value is -2.69. The number of phenolic OH excluding ortho intramolecular Hbond substituents is 1. The Balaban J connectivity index is 1.29. The van der Waals surface area contributed by atoms with Crippen molar-refractivity contribution < 1.29 is 14.7 Å². The molecule has 1 heterocycles. The molecule has 2 N–H and O–H groups in total. The van der Waals surface area contributed by atoms with Gasteiger partial charge in [0.2, 0.25) is 5.91 Å². The van der Waals surface area contributed by atoms with Gasteiger partial charge >= 0.3 is 0 Å². The number of aryl methyl sites for hydroxylation is 1. The number of rotatable bonds is 4. The molecule has 0 bridgehead atoms. The summed E-state index contributed by atoms with van der Waals surface area (Å²) in [4.78, 5) is 30.2. The third kappa shape index (κ3) is 3.54. The van der Waals surface area contributed by atoms with Crippen molar-refractivity contribution in [2.75, 3.05) is 0 Å². The van der Waals surface area contributed by atoms with E-state index in [4.69, 9.17) is 0 Å². The van der Waals surface area contributed by atoms with Crippen LogP contribution in [0.15, 0.2) is 42.6 Å².